The molecule has 2 heteroatoms. The molecule has 1 aliphatic carbocycles. The molecule has 0 spiro atoms. The molecular formula is C17H25NO. The van der Waals surface area contributed by atoms with E-state index in [2.05, 4.69) is 55.2 Å². The molecule has 1 fully saturated rings. The highest BCUT2D eigenvalue weighted by Crippen LogP contribution is 2.27. The van der Waals surface area contributed by atoms with Gasteiger partial charge in [0.1, 0.15) is 0 Å². The first-order valence-electron chi connectivity index (χ1n) is 7.14. The summed E-state index contributed by atoms with van der Waals surface area (Å²) in [5.74, 6) is 0. The van der Waals surface area contributed by atoms with Gasteiger partial charge in [-0.15, -0.1) is 0 Å². The Morgan fingerprint density at radius 3 is 2.47 bits per heavy atom. The van der Waals surface area contributed by atoms with Crippen LogP contribution in [0.15, 0.2) is 42.0 Å². The summed E-state index contributed by atoms with van der Waals surface area (Å²) in [6.45, 7) is 7.34. The van der Waals surface area contributed by atoms with Crippen molar-refractivity contribution < 1.29 is 5.11 Å². The molecule has 1 aromatic rings. The summed E-state index contributed by atoms with van der Waals surface area (Å²) >= 11 is 0. The zero-order chi connectivity index (χ0) is 13.7. The smallest absolute Gasteiger partial charge is 0.0494 e. The maximum Gasteiger partial charge on any atom is 0.0494 e. The van der Waals surface area contributed by atoms with Crippen LogP contribution in [0.2, 0.25) is 0 Å². The van der Waals surface area contributed by atoms with Gasteiger partial charge in [-0.25, -0.2) is 0 Å². The zero-order valence-electron chi connectivity index (χ0n) is 12.1. The number of hydrogen-bond acceptors (Lipinski definition) is 2. The maximum atomic E-state index is 9.46. The summed E-state index contributed by atoms with van der Waals surface area (Å²) in [7, 11) is 0. The minimum Gasteiger partial charge on any atom is -0.396 e. The molecule has 0 bridgehead atoms. The Balaban J connectivity index is 1.98. The van der Waals surface area contributed by atoms with Crippen molar-refractivity contribution in [3.63, 3.8) is 0 Å². The Hall–Kier alpha value is -1.12. The molecule has 1 aliphatic rings. The molecule has 0 aromatic heterocycles. The molecule has 19 heavy (non-hydrogen) atoms. The molecule has 0 saturated heterocycles. The van der Waals surface area contributed by atoms with Gasteiger partial charge in [0.05, 0.1) is 0 Å². The van der Waals surface area contributed by atoms with E-state index in [0.29, 0.717) is 0 Å². The second-order valence-corrected chi connectivity index (χ2v) is 6.34. The molecule has 0 radical (unpaired) electrons. The Labute approximate surface area is 116 Å². The third-order valence-corrected chi connectivity index (χ3v) is 3.51. The van der Waals surface area contributed by atoms with Gasteiger partial charge in [0.25, 0.3) is 0 Å². The number of hydrogen-bond donors (Lipinski definition) is 1. The number of aliphatic hydroxyl groups is 1. The predicted molar refractivity (Wildman–Crippen MR) is 79.9 cm³/mol. The zero-order valence-corrected chi connectivity index (χ0v) is 12.1. The van der Waals surface area contributed by atoms with Crippen molar-refractivity contribution in [1.29, 1.82) is 0 Å². The van der Waals surface area contributed by atoms with Gasteiger partial charge in [-0.2, -0.15) is 0 Å². The summed E-state index contributed by atoms with van der Waals surface area (Å²) in [4.78, 5) is 2.43. The normalized spacial score (nSPS) is 14.8. The number of rotatable bonds is 7. The highest BCUT2D eigenvalue weighted by molar-refractivity contribution is 5.18. The van der Waals surface area contributed by atoms with Gasteiger partial charge in [-0.3, -0.25) is 4.90 Å². The van der Waals surface area contributed by atoms with Gasteiger partial charge in [-0.1, -0.05) is 55.8 Å². The molecule has 0 atom stereocenters. The quantitative estimate of drug-likeness (QED) is 0.760. The average molecular weight is 259 g/mol. The Kier molecular flexibility index (Phi) is 4.78. The largest absolute Gasteiger partial charge is 0.396 e. The number of aliphatic hydroxyl groups excluding tert-OH is 1. The lowest BCUT2D eigenvalue weighted by Gasteiger charge is -2.30. The monoisotopic (exact) mass is 259 g/mol. The maximum absolute atomic E-state index is 9.46. The first-order valence-corrected chi connectivity index (χ1v) is 7.14. The van der Waals surface area contributed by atoms with Crippen LogP contribution < -0.4 is 0 Å². The van der Waals surface area contributed by atoms with Gasteiger partial charge >= 0.3 is 0 Å². The molecule has 2 rings (SSSR count). The summed E-state index contributed by atoms with van der Waals surface area (Å²) in [5, 5.41) is 9.46. The van der Waals surface area contributed by atoms with E-state index >= 15 is 0 Å². The van der Waals surface area contributed by atoms with Crippen molar-refractivity contribution in [1.82, 2.24) is 4.90 Å². The minimum atomic E-state index is -0.0448. The van der Waals surface area contributed by atoms with E-state index in [1.807, 2.05) is 0 Å². The summed E-state index contributed by atoms with van der Waals surface area (Å²) in [6.07, 6.45) is 4.92. The molecule has 1 aromatic carbocycles. The van der Waals surface area contributed by atoms with Gasteiger partial charge in [0.2, 0.25) is 0 Å². The Morgan fingerprint density at radius 2 is 1.89 bits per heavy atom. The van der Waals surface area contributed by atoms with Gasteiger partial charge in [-0.05, 0) is 18.4 Å². The van der Waals surface area contributed by atoms with Crippen molar-refractivity contribution in [2.45, 2.75) is 33.2 Å². The molecule has 1 saturated carbocycles. The molecule has 0 heterocycles. The number of benzene rings is 1. The van der Waals surface area contributed by atoms with Crippen LogP contribution in [0.3, 0.4) is 0 Å². The lowest BCUT2D eigenvalue weighted by Crippen LogP contribution is -2.36. The van der Waals surface area contributed by atoms with Crippen LogP contribution in [0.1, 0.15) is 32.3 Å². The SMILES string of the molecule is CC(C)(CO)CN(CC=C1CC1)Cc1ccccc1. The van der Waals surface area contributed by atoms with Crippen LogP contribution in [0.4, 0.5) is 0 Å². The van der Waals surface area contributed by atoms with Crippen molar-refractivity contribution in [3.8, 4) is 0 Å². The van der Waals surface area contributed by atoms with Crippen LogP contribution >= 0.6 is 0 Å². The molecule has 1 N–H and O–H groups in total. The van der Waals surface area contributed by atoms with Crippen LogP contribution in [0.5, 0.6) is 0 Å². The molecule has 0 unspecified atom stereocenters. The lowest BCUT2D eigenvalue weighted by molar-refractivity contribution is 0.105. The lowest BCUT2D eigenvalue weighted by atomic mass is 9.94. The van der Waals surface area contributed by atoms with Gasteiger partial charge in [0.15, 0.2) is 0 Å². The van der Waals surface area contributed by atoms with E-state index in [0.717, 1.165) is 19.6 Å². The topological polar surface area (TPSA) is 23.5 Å². The van der Waals surface area contributed by atoms with Crippen molar-refractivity contribution in [3.05, 3.63) is 47.5 Å². The van der Waals surface area contributed by atoms with Crippen molar-refractivity contribution >= 4 is 0 Å². The summed E-state index contributed by atoms with van der Waals surface area (Å²) < 4.78 is 0. The highest BCUT2D eigenvalue weighted by atomic mass is 16.3. The second kappa shape index (κ2) is 6.36. The fourth-order valence-corrected chi connectivity index (χ4v) is 2.22. The van der Waals surface area contributed by atoms with Crippen molar-refractivity contribution in [2.75, 3.05) is 19.7 Å². The van der Waals surface area contributed by atoms with E-state index in [4.69, 9.17) is 0 Å². The van der Waals surface area contributed by atoms with Crippen LogP contribution in [-0.2, 0) is 6.54 Å². The molecular weight excluding hydrogens is 234 g/mol. The summed E-state index contributed by atoms with van der Waals surface area (Å²) in [6, 6.07) is 10.6. The second-order valence-electron chi connectivity index (χ2n) is 6.34. The first kappa shape index (κ1) is 14.3. The van der Waals surface area contributed by atoms with E-state index in [1.165, 1.54) is 18.4 Å². The summed E-state index contributed by atoms with van der Waals surface area (Å²) in [5.41, 5.74) is 2.88. The minimum absolute atomic E-state index is 0.0448. The average Bonchev–Trinajstić information content (AvgIpc) is 3.21. The van der Waals surface area contributed by atoms with E-state index in [1.54, 1.807) is 5.57 Å². The Bertz CT molecular complexity index is 416. The highest BCUT2D eigenvalue weighted by Gasteiger charge is 2.21. The standard InChI is InChI=1S/C17H25NO/c1-17(2,14-19)13-18(11-10-15-8-9-15)12-16-6-4-3-5-7-16/h3-7,10,19H,8-9,11-14H2,1-2H3. The fraction of sp³-hybridized carbons (Fsp3) is 0.529. The van der Waals surface area contributed by atoms with Crippen LogP contribution in [0, 0.1) is 5.41 Å². The first-order chi connectivity index (χ1) is 9.09. The third-order valence-electron chi connectivity index (χ3n) is 3.51. The predicted octanol–water partition coefficient (Wildman–Crippen LogP) is 3.23. The van der Waals surface area contributed by atoms with Crippen LogP contribution in [0.25, 0.3) is 0 Å². The van der Waals surface area contributed by atoms with E-state index in [-0.39, 0.29) is 12.0 Å². The fourth-order valence-electron chi connectivity index (χ4n) is 2.22. The Morgan fingerprint density at radius 1 is 1.21 bits per heavy atom. The number of nitrogens with zero attached hydrogens (tertiary/aromatic N) is 1. The van der Waals surface area contributed by atoms with E-state index in [9.17, 15) is 5.11 Å². The van der Waals surface area contributed by atoms with Gasteiger partial charge < -0.3 is 5.11 Å². The molecule has 0 aliphatic heterocycles. The van der Waals surface area contributed by atoms with Gasteiger partial charge in [0, 0.05) is 31.7 Å². The van der Waals surface area contributed by atoms with Crippen LogP contribution in [-0.4, -0.2) is 29.7 Å². The van der Waals surface area contributed by atoms with Crippen molar-refractivity contribution in [2.24, 2.45) is 5.41 Å². The van der Waals surface area contributed by atoms with E-state index < -0.39 is 0 Å². The third kappa shape index (κ3) is 5.17. The number of allylic oxidation sites excluding steroid dienone is 1. The molecule has 104 valence electrons. The molecule has 0 amide bonds. The molecule has 2 nitrogen and oxygen atoms in total.